The number of Topliss-reactive ketones (excluding diaryl/α,β-unsaturated/α-hetero) is 1. The first-order valence-electron chi connectivity index (χ1n) is 11.2. The lowest BCUT2D eigenvalue weighted by Crippen LogP contribution is -2.17. The zero-order valence-electron chi connectivity index (χ0n) is 18.9. The number of esters is 1. The molecule has 0 spiro atoms. The lowest BCUT2D eigenvalue weighted by Gasteiger charge is -2.13. The van der Waals surface area contributed by atoms with Gasteiger partial charge in [0, 0.05) is 31.3 Å². The number of cyclic esters (lactones) is 1. The minimum atomic E-state index is -0.614. The van der Waals surface area contributed by atoms with Crippen LogP contribution < -0.4 is 10.1 Å². The largest absolute Gasteiger partial charge is 0.507 e. The van der Waals surface area contributed by atoms with E-state index in [1.54, 1.807) is 30.6 Å². The zero-order valence-corrected chi connectivity index (χ0v) is 18.9. The summed E-state index contributed by atoms with van der Waals surface area (Å²) in [6, 6.07) is 3.16. The number of carbonyl (C=O) groups is 2. The van der Waals surface area contributed by atoms with Gasteiger partial charge >= 0.3 is 5.97 Å². The summed E-state index contributed by atoms with van der Waals surface area (Å²) < 4.78 is 11.2. The standard InChI is InChI=1S/C25H31N3O5/c1-18-8-9-20(29)7-4-2-3-6-19-14-21(15-22(30)24(19)25(31)33-17-18)32-13-5-10-26-16-23-27-11-12-28-23/h3,6,8,11-12,14-15,26,30H,2,4-5,7,9-10,13,16-17H2,1H3,(H,27,28). The van der Waals surface area contributed by atoms with Crippen molar-refractivity contribution in [2.45, 2.75) is 45.6 Å². The SMILES string of the molecule is CC1=CCC(=O)CCCC=Cc2cc(OCCCNCc3ncc[nH]3)cc(O)c2C(=O)OC1. The fraction of sp³-hybridized carbons (Fsp3) is 0.400. The number of aromatic amines is 1. The third kappa shape index (κ3) is 7.91. The molecule has 2 heterocycles. The van der Waals surface area contributed by atoms with Crippen LogP contribution in [0.25, 0.3) is 6.08 Å². The van der Waals surface area contributed by atoms with Crippen molar-refractivity contribution in [2.75, 3.05) is 19.8 Å². The minimum Gasteiger partial charge on any atom is -0.507 e. The van der Waals surface area contributed by atoms with E-state index in [9.17, 15) is 14.7 Å². The number of allylic oxidation sites excluding steroid dienone is 2. The third-order valence-electron chi connectivity index (χ3n) is 5.17. The molecule has 0 atom stereocenters. The molecule has 3 rings (SSSR count). The number of rotatable bonds is 7. The second kappa shape index (κ2) is 12.6. The summed E-state index contributed by atoms with van der Waals surface area (Å²) in [6.07, 6.45) is 12.0. The van der Waals surface area contributed by atoms with Gasteiger partial charge in [0.05, 0.1) is 13.2 Å². The van der Waals surface area contributed by atoms with Crippen LogP contribution in [-0.4, -0.2) is 46.6 Å². The summed E-state index contributed by atoms with van der Waals surface area (Å²) >= 11 is 0. The van der Waals surface area contributed by atoms with Crippen molar-refractivity contribution in [1.82, 2.24) is 15.3 Å². The number of hydrogen-bond donors (Lipinski definition) is 3. The number of benzene rings is 1. The maximum absolute atomic E-state index is 12.7. The predicted molar refractivity (Wildman–Crippen MR) is 125 cm³/mol. The van der Waals surface area contributed by atoms with Gasteiger partial charge in [-0.1, -0.05) is 18.2 Å². The van der Waals surface area contributed by atoms with Gasteiger partial charge in [-0.2, -0.15) is 0 Å². The van der Waals surface area contributed by atoms with E-state index in [2.05, 4.69) is 15.3 Å². The van der Waals surface area contributed by atoms with E-state index in [1.807, 2.05) is 13.0 Å². The molecule has 0 saturated carbocycles. The van der Waals surface area contributed by atoms with Crippen molar-refractivity contribution in [1.29, 1.82) is 0 Å². The van der Waals surface area contributed by atoms with E-state index in [-0.39, 0.29) is 23.7 Å². The topological polar surface area (TPSA) is 114 Å². The van der Waals surface area contributed by atoms with E-state index >= 15 is 0 Å². The van der Waals surface area contributed by atoms with Gasteiger partial charge in [-0.25, -0.2) is 9.78 Å². The second-order valence-electron chi connectivity index (χ2n) is 7.99. The van der Waals surface area contributed by atoms with Gasteiger partial charge in [0.15, 0.2) is 0 Å². The average molecular weight is 454 g/mol. The number of imidazole rings is 1. The number of H-pyrrole nitrogens is 1. The molecule has 0 saturated heterocycles. The molecule has 0 fully saturated rings. The molecule has 0 amide bonds. The smallest absolute Gasteiger partial charge is 0.342 e. The molecule has 0 radical (unpaired) electrons. The first-order chi connectivity index (χ1) is 16.0. The Hall–Kier alpha value is -3.39. The summed E-state index contributed by atoms with van der Waals surface area (Å²) in [5.74, 6) is 0.718. The number of aromatic nitrogens is 2. The molecule has 33 heavy (non-hydrogen) atoms. The molecule has 1 aromatic heterocycles. The molecule has 0 bridgehead atoms. The van der Waals surface area contributed by atoms with E-state index in [0.717, 1.165) is 30.8 Å². The summed E-state index contributed by atoms with van der Waals surface area (Å²) in [4.78, 5) is 31.8. The van der Waals surface area contributed by atoms with Gasteiger partial charge in [0.1, 0.15) is 35.3 Å². The summed E-state index contributed by atoms with van der Waals surface area (Å²) in [5.41, 5.74) is 1.43. The predicted octanol–water partition coefficient (Wildman–Crippen LogP) is 3.93. The number of phenolic OH excluding ortho intramolecular Hbond substituents is 1. The van der Waals surface area contributed by atoms with Crippen molar-refractivity contribution in [2.24, 2.45) is 0 Å². The first kappa shape index (κ1) is 24.3. The lowest BCUT2D eigenvalue weighted by atomic mass is 10.0. The molecule has 0 aliphatic carbocycles. The van der Waals surface area contributed by atoms with Crippen molar-refractivity contribution in [3.8, 4) is 11.5 Å². The molecule has 8 nitrogen and oxygen atoms in total. The monoisotopic (exact) mass is 453 g/mol. The molecule has 1 aliphatic heterocycles. The summed E-state index contributed by atoms with van der Waals surface area (Å²) in [5, 5.41) is 13.8. The number of aromatic hydroxyl groups is 1. The highest BCUT2D eigenvalue weighted by Gasteiger charge is 2.19. The third-order valence-corrected chi connectivity index (χ3v) is 5.17. The molecule has 2 aromatic rings. The van der Waals surface area contributed by atoms with Crippen LogP contribution in [0.4, 0.5) is 0 Å². The Bertz CT molecular complexity index is 996. The molecule has 8 heteroatoms. The van der Waals surface area contributed by atoms with Crippen molar-refractivity contribution in [3.05, 3.63) is 59.2 Å². The van der Waals surface area contributed by atoms with Crippen LogP contribution in [0, 0.1) is 0 Å². The van der Waals surface area contributed by atoms with Crippen LogP contribution in [0.15, 0.2) is 42.3 Å². The summed E-state index contributed by atoms with van der Waals surface area (Å²) in [6.45, 7) is 3.73. The number of nitrogens with zero attached hydrogens (tertiary/aromatic N) is 1. The Balaban J connectivity index is 1.64. The van der Waals surface area contributed by atoms with Gasteiger partial charge in [-0.15, -0.1) is 0 Å². The van der Waals surface area contributed by atoms with Gasteiger partial charge in [-0.3, -0.25) is 4.79 Å². The van der Waals surface area contributed by atoms with Gasteiger partial charge in [-0.05, 0) is 49.9 Å². The minimum absolute atomic E-state index is 0.0674. The molecule has 176 valence electrons. The fourth-order valence-corrected chi connectivity index (χ4v) is 3.38. The molecular weight excluding hydrogens is 422 g/mol. The van der Waals surface area contributed by atoms with Gasteiger partial charge in [0.2, 0.25) is 0 Å². The van der Waals surface area contributed by atoms with E-state index < -0.39 is 5.97 Å². The molecular formula is C25H31N3O5. The lowest BCUT2D eigenvalue weighted by molar-refractivity contribution is -0.118. The molecule has 3 N–H and O–H groups in total. The molecule has 1 aliphatic rings. The number of nitrogens with one attached hydrogen (secondary N) is 2. The maximum atomic E-state index is 12.7. The fourth-order valence-electron chi connectivity index (χ4n) is 3.38. The Morgan fingerprint density at radius 3 is 3.00 bits per heavy atom. The first-order valence-corrected chi connectivity index (χ1v) is 11.2. The van der Waals surface area contributed by atoms with Crippen molar-refractivity contribution < 1.29 is 24.2 Å². The Kier molecular flexibility index (Phi) is 9.26. The number of fused-ring (bicyclic) bond motifs is 1. The normalized spacial score (nSPS) is 15.4. The number of carbonyl (C=O) groups excluding carboxylic acids is 2. The van der Waals surface area contributed by atoms with E-state index in [0.29, 0.717) is 43.7 Å². The number of ether oxygens (including phenoxy) is 2. The van der Waals surface area contributed by atoms with Crippen molar-refractivity contribution >= 4 is 17.8 Å². The molecule has 0 unspecified atom stereocenters. The Labute approximate surface area is 193 Å². The Morgan fingerprint density at radius 2 is 2.18 bits per heavy atom. The van der Waals surface area contributed by atoms with Crippen LogP contribution in [0.3, 0.4) is 0 Å². The molecule has 1 aromatic carbocycles. The highest BCUT2D eigenvalue weighted by molar-refractivity contribution is 5.97. The second-order valence-corrected chi connectivity index (χ2v) is 7.99. The van der Waals surface area contributed by atoms with Crippen LogP contribution in [0.1, 0.15) is 60.8 Å². The average Bonchev–Trinajstić information content (AvgIpc) is 3.31. The van der Waals surface area contributed by atoms with Crippen LogP contribution in [-0.2, 0) is 16.1 Å². The number of hydrogen-bond acceptors (Lipinski definition) is 7. The maximum Gasteiger partial charge on any atom is 0.342 e. The van der Waals surface area contributed by atoms with Gasteiger partial charge < -0.3 is 24.9 Å². The highest BCUT2D eigenvalue weighted by atomic mass is 16.5. The van der Waals surface area contributed by atoms with Crippen molar-refractivity contribution in [3.63, 3.8) is 0 Å². The summed E-state index contributed by atoms with van der Waals surface area (Å²) in [7, 11) is 0. The van der Waals surface area contributed by atoms with Gasteiger partial charge in [0.25, 0.3) is 0 Å². The number of phenols is 1. The van der Waals surface area contributed by atoms with Crippen LogP contribution in [0.5, 0.6) is 11.5 Å². The van der Waals surface area contributed by atoms with E-state index in [1.165, 1.54) is 6.07 Å². The zero-order chi connectivity index (χ0) is 23.5. The van der Waals surface area contributed by atoms with E-state index in [4.69, 9.17) is 9.47 Å². The highest BCUT2D eigenvalue weighted by Crippen LogP contribution is 2.30. The van der Waals surface area contributed by atoms with Crippen LogP contribution >= 0.6 is 0 Å². The van der Waals surface area contributed by atoms with Crippen LogP contribution in [0.2, 0.25) is 0 Å². The Morgan fingerprint density at radius 1 is 1.30 bits per heavy atom. The number of ketones is 1. The quantitative estimate of drug-likeness (QED) is 0.331.